The summed E-state index contributed by atoms with van der Waals surface area (Å²) in [5, 5.41) is 2.99. The van der Waals surface area contributed by atoms with Crippen molar-refractivity contribution in [2.24, 2.45) is 5.92 Å². The quantitative estimate of drug-likeness (QED) is 0.833. The summed E-state index contributed by atoms with van der Waals surface area (Å²) in [5.41, 5.74) is 1.40. The van der Waals surface area contributed by atoms with Crippen LogP contribution >= 0.6 is 0 Å². The van der Waals surface area contributed by atoms with Gasteiger partial charge in [-0.3, -0.25) is 9.59 Å². The van der Waals surface area contributed by atoms with Gasteiger partial charge in [-0.2, -0.15) is 0 Å². The van der Waals surface area contributed by atoms with Crippen LogP contribution in [0.5, 0.6) is 5.75 Å². The van der Waals surface area contributed by atoms with Crippen molar-refractivity contribution < 1.29 is 18.7 Å². The first-order valence-electron chi connectivity index (χ1n) is 9.53. The van der Waals surface area contributed by atoms with E-state index in [0.717, 1.165) is 11.3 Å². The minimum Gasteiger partial charge on any atom is -0.496 e. The van der Waals surface area contributed by atoms with E-state index in [1.54, 1.807) is 18.1 Å². The number of benzene rings is 2. The molecule has 0 saturated carbocycles. The normalized spacial score (nSPS) is 14.6. The molecule has 3 rings (SSSR count). The average Bonchev–Trinajstić information content (AvgIpc) is 2.73. The van der Waals surface area contributed by atoms with Gasteiger partial charge in [0.2, 0.25) is 5.91 Å². The first-order chi connectivity index (χ1) is 13.6. The van der Waals surface area contributed by atoms with Gasteiger partial charge in [0.1, 0.15) is 11.6 Å². The largest absolute Gasteiger partial charge is 0.496 e. The highest BCUT2D eigenvalue weighted by Crippen LogP contribution is 2.20. The van der Waals surface area contributed by atoms with Crippen LogP contribution in [-0.2, 0) is 11.2 Å². The van der Waals surface area contributed by atoms with Crippen LogP contribution in [-0.4, -0.2) is 43.5 Å². The van der Waals surface area contributed by atoms with Crippen LogP contribution in [0.15, 0.2) is 48.5 Å². The molecule has 1 aliphatic rings. The molecule has 6 heteroatoms. The average molecular weight is 384 g/mol. The molecule has 148 valence electrons. The molecule has 5 nitrogen and oxygen atoms in total. The van der Waals surface area contributed by atoms with E-state index in [4.69, 9.17) is 4.74 Å². The zero-order valence-corrected chi connectivity index (χ0v) is 16.0. The Morgan fingerprint density at radius 3 is 2.61 bits per heavy atom. The van der Waals surface area contributed by atoms with Crippen molar-refractivity contribution in [2.75, 3.05) is 26.7 Å². The summed E-state index contributed by atoms with van der Waals surface area (Å²) in [4.78, 5) is 26.6. The SMILES string of the molecule is COc1ccccc1CCNC(=O)C1CCN(C(=O)c2cccc(F)c2)CC1. The molecule has 2 aromatic rings. The van der Waals surface area contributed by atoms with Crippen LogP contribution in [0.2, 0.25) is 0 Å². The number of hydrogen-bond donors (Lipinski definition) is 1. The molecule has 1 aliphatic heterocycles. The molecule has 0 radical (unpaired) electrons. The number of likely N-dealkylation sites (tertiary alicyclic amines) is 1. The fourth-order valence-electron chi connectivity index (χ4n) is 3.52. The summed E-state index contributed by atoms with van der Waals surface area (Å²) >= 11 is 0. The summed E-state index contributed by atoms with van der Waals surface area (Å²) in [6.07, 6.45) is 1.93. The Hall–Kier alpha value is -2.89. The Balaban J connectivity index is 1.45. The lowest BCUT2D eigenvalue weighted by Gasteiger charge is -2.31. The molecule has 2 amide bonds. The number of rotatable bonds is 6. The molecule has 1 N–H and O–H groups in total. The number of nitrogens with one attached hydrogen (secondary N) is 1. The van der Waals surface area contributed by atoms with Crippen LogP contribution in [0.25, 0.3) is 0 Å². The molecule has 0 spiro atoms. The molecule has 2 aromatic carbocycles. The molecule has 0 aromatic heterocycles. The minimum atomic E-state index is -0.421. The fraction of sp³-hybridized carbons (Fsp3) is 0.364. The smallest absolute Gasteiger partial charge is 0.253 e. The number of amides is 2. The monoisotopic (exact) mass is 384 g/mol. The molecule has 0 aliphatic carbocycles. The standard InChI is InChI=1S/C22H25FN2O3/c1-28-20-8-3-2-5-16(20)9-12-24-21(26)17-10-13-25(14-11-17)22(27)18-6-4-7-19(23)15-18/h2-8,15,17H,9-14H2,1H3,(H,24,26). The molecule has 1 saturated heterocycles. The number of methoxy groups -OCH3 is 1. The maximum Gasteiger partial charge on any atom is 0.253 e. The van der Waals surface area contributed by atoms with Crippen LogP contribution in [0.3, 0.4) is 0 Å². The predicted molar refractivity (Wildman–Crippen MR) is 105 cm³/mol. The second-order valence-corrected chi connectivity index (χ2v) is 6.93. The maximum absolute atomic E-state index is 13.3. The molecule has 0 atom stereocenters. The number of para-hydroxylation sites is 1. The van der Waals surface area contributed by atoms with Crippen molar-refractivity contribution in [1.29, 1.82) is 0 Å². The number of halogens is 1. The van der Waals surface area contributed by atoms with E-state index in [1.165, 1.54) is 18.2 Å². The van der Waals surface area contributed by atoms with E-state index in [0.29, 0.717) is 44.5 Å². The van der Waals surface area contributed by atoms with Gasteiger partial charge in [-0.1, -0.05) is 24.3 Å². The van der Waals surface area contributed by atoms with Gasteiger partial charge >= 0.3 is 0 Å². The summed E-state index contributed by atoms with van der Waals surface area (Å²) in [6.45, 7) is 1.54. The van der Waals surface area contributed by atoms with E-state index >= 15 is 0 Å². The summed E-state index contributed by atoms with van der Waals surface area (Å²) < 4.78 is 18.6. The minimum absolute atomic E-state index is 0.0211. The van der Waals surface area contributed by atoms with Gasteiger partial charge in [-0.25, -0.2) is 4.39 Å². The molecular weight excluding hydrogens is 359 g/mol. The lowest BCUT2D eigenvalue weighted by Crippen LogP contribution is -2.43. The van der Waals surface area contributed by atoms with Gasteiger partial charge in [-0.05, 0) is 49.1 Å². The molecule has 1 fully saturated rings. The Bertz CT molecular complexity index is 832. The van der Waals surface area contributed by atoms with Crippen molar-refractivity contribution in [1.82, 2.24) is 10.2 Å². The zero-order chi connectivity index (χ0) is 19.9. The second kappa shape index (κ2) is 9.35. The van der Waals surface area contributed by atoms with E-state index in [2.05, 4.69) is 5.32 Å². The third-order valence-corrected chi connectivity index (χ3v) is 5.11. The number of carbonyl (C=O) groups is 2. The van der Waals surface area contributed by atoms with Crippen molar-refractivity contribution in [2.45, 2.75) is 19.3 Å². The molecule has 0 bridgehead atoms. The van der Waals surface area contributed by atoms with E-state index < -0.39 is 5.82 Å². The van der Waals surface area contributed by atoms with Crippen LogP contribution in [0.1, 0.15) is 28.8 Å². The lowest BCUT2D eigenvalue weighted by molar-refractivity contribution is -0.126. The molecule has 0 unspecified atom stereocenters. The zero-order valence-electron chi connectivity index (χ0n) is 16.0. The van der Waals surface area contributed by atoms with E-state index in [-0.39, 0.29) is 17.7 Å². The van der Waals surface area contributed by atoms with E-state index in [1.807, 2.05) is 24.3 Å². The Morgan fingerprint density at radius 2 is 1.89 bits per heavy atom. The van der Waals surface area contributed by atoms with Gasteiger partial charge in [0.15, 0.2) is 0 Å². The third-order valence-electron chi connectivity index (χ3n) is 5.11. The number of ether oxygens (including phenoxy) is 1. The topological polar surface area (TPSA) is 58.6 Å². The van der Waals surface area contributed by atoms with Crippen LogP contribution in [0.4, 0.5) is 4.39 Å². The summed E-state index contributed by atoms with van der Waals surface area (Å²) in [7, 11) is 1.64. The number of hydrogen-bond acceptors (Lipinski definition) is 3. The Morgan fingerprint density at radius 1 is 1.14 bits per heavy atom. The second-order valence-electron chi connectivity index (χ2n) is 6.93. The van der Waals surface area contributed by atoms with Gasteiger partial charge in [0.05, 0.1) is 7.11 Å². The molecule has 1 heterocycles. The van der Waals surface area contributed by atoms with Crippen molar-refractivity contribution in [3.63, 3.8) is 0 Å². The highest BCUT2D eigenvalue weighted by molar-refractivity contribution is 5.94. The van der Waals surface area contributed by atoms with E-state index in [9.17, 15) is 14.0 Å². The predicted octanol–water partition coefficient (Wildman–Crippen LogP) is 3.05. The Labute approximate surface area is 164 Å². The van der Waals surface area contributed by atoms with Gasteiger partial charge < -0.3 is 15.0 Å². The van der Waals surface area contributed by atoms with Crippen LogP contribution in [0, 0.1) is 11.7 Å². The maximum atomic E-state index is 13.3. The number of nitrogens with zero attached hydrogens (tertiary/aromatic N) is 1. The third kappa shape index (κ3) is 4.88. The van der Waals surface area contributed by atoms with Gasteiger partial charge in [0, 0.05) is 31.1 Å². The van der Waals surface area contributed by atoms with Crippen molar-refractivity contribution >= 4 is 11.8 Å². The number of carbonyl (C=O) groups excluding carboxylic acids is 2. The lowest BCUT2D eigenvalue weighted by atomic mass is 9.95. The van der Waals surface area contributed by atoms with Crippen molar-refractivity contribution in [3.8, 4) is 5.75 Å². The van der Waals surface area contributed by atoms with Crippen molar-refractivity contribution in [3.05, 3.63) is 65.5 Å². The van der Waals surface area contributed by atoms with Gasteiger partial charge in [0.25, 0.3) is 5.91 Å². The first-order valence-corrected chi connectivity index (χ1v) is 9.53. The highest BCUT2D eigenvalue weighted by atomic mass is 19.1. The van der Waals surface area contributed by atoms with Crippen LogP contribution < -0.4 is 10.1 Å². The highest BCUT2D eigenvalue weighted by Gasteiger charge is 2.27. The number of piperidine rings is 1. The van der Waals surface area contributed by atoms with Gasteiger partial charge in [-0.15, -0.1) is 0 Å². The first kappa shape index (κ1) is 19.9. The fourth-order valence-corrected chi connectivity index (χ4v) is 3.52. The summed E-state index contributed by atoms with van der Waals surface area (Å²) in [5.74, 6) is 0.132. The Kier molecular flexibility index (Phi) is 6.63. The summed E-state index contributed by atoms with van der Waals surface area (Å²) in [6, 6.07) is 13.5. The molecule has 28 heavy (non-hydrogen) atoms. The molecular formula is C22H25FN2O3.